The zero-order chi connectivity index (χ0) is 78.0. The van der Waals surface area contributed by atoms with E-state index in [0.29, 0.717) is 83.0 Å². The summed E-state index contributed by atoms with van der Waals surface area (Å²) in [5, 5.41) is 22.3. The predicted octanol–water partition coefficient (Wildman–Crippen LogP) is 15.8. The molecule has 2 amide bonds. The summed E-state index contributed by atoms with van der Waals surface area (Å²) < 4.78 is 36.3. The summed E-state index contributed by atoms with van der Waals surface area (Å²) in [6, 6.07) is 66.5. The van der Waals surface area contributed by atoms with E-state index >= 15 is 0 Å². The molecule has 4 heterocycles. The van der Waals surface area contributed by atoms with Crippen molar-refractivity contribution in [2.45, 2.75) is 133 Å². The summed E-state index contributed by atoms with van der Waals surface area (Å²) in [6.45, 7) is 22.2. The molecule has 4 aromatic heterocycles. The van der Waals surface area contributed by atoms with E-state index < -0.39 is 53.6 Å². The first-order valence-corrected chi connectivity index (χ1v) is 36.0. The summed E-state index contributed by atoms with van der Waals surface area (Å²) in [7, 11) is 2.71. The van der Waals surface area contributed by atoms with Gasteiger partial charge in [0.05, 0.1) is 58.2 Å². The number of aromatic nitrogens is 4. The molecule has 12 rings (SSSR count). The maximum atomic E-state index is 12.8. The topological polar surface area (TPSA) is 278 Å². The average Bonchev–Trinajstić information content (AvgIpc) is 1.61. The van der Waals surface area contributed by atoms with Crippen molar-refractivity contribution in [2.24, 2.45) is 29.2 Å². The van der Waals surface area contributed by atoms with Gasteiger partial charge in [0.15, 0.2) is 18.3 Å². The number of rotatable bonds is 27. The van der Waals surface area contributed by atoms with Gasteiger partial charge in [0.1, 0.15) is 23.0 Å². The van der Waals surface area contributed by atoms with Crippen molar-refractivity contribution in [1.29, 1.82) is 0 Å². The van der Waals surface area contributed by atoms with Crippen molar-refractivity contribution in [1.82, 2.24) is 18.3 Å². The quantitative estimate of drug-likeness (QED) is 0.0212. The van der Waals surface area contributed by atoms with Crippen LogP contribution in [-0.2, 0) is 59.6 Å². The van der Waals surface area contributed by atoms with E-state index in [9.17, 15) is 43.8 Å². The number of nitrogens with zero attached hydrogens (tertiary/aromatic N) is 4. The Morgan fingerprint density at radius 2 is 0.685 bits per heavy atom. The molecule has 0 aliphatic rings. The number of fused-ring (bicyclic) bond motifs is 4. The number of carboxylic acids is 1. The molecule has 0 bridgehead atoms. The highest BCUT2D eigenvalue weighted by atomic mass is 16.6. The van der Waals surface area contributed by atoms with Gasteiger partial charge >= 0.3 is 17.9 Å². The number of carbonyl (C=O) groups is 7. The number of aliphatic carboxylic acids is 1. The van der Waals surface area contributed by atoms with Crippen LogP contribution < -0.4 is 25.7 Å². The Morgan fingerprint density at radius 3 is 1.04 bits per heavy atom. The fraction of sp³-hybridized carbons (Fsp3) is 0.284. The Kier molecular flexibility index (Phi) is 27.1. The fourth-order valence-electron chi connectivity index (χ4n) is 13.4. The van der Waals surface area contributed by atoms with E-state index in [1.165, 1.54) is 25.3 Å². The molecule has 0 radical (unpaired) electrons. The molecule has 0 aliphatic heterocycles. The van der Waals surface area contributed by atoms with Crippen LogP contribution in [0, 0.1) is 45.4 Å². The zero-order valence-corrected chi connectivity index (χ0v) is 63.3. The molecule has 3 atom stereocenters. The van der Waals surface area contributed by atoms with Crippen LogP contribution in [0.2, 0.25) is 0 Å². The molecule has 6 N–H and O–H groups in total. The number of carbonyl (C=O) groups excluding carboxylic acids is 6. The number of ether oxygens (including phenoxy) is 5. The average molecular weight is 1460 g/mol. The minimum atomic E-state index is -1.09. The molecule has 108 heavy (non-hydrogen) atoms. The number of hydrogen-bond acceptors (Lipinski definition) is 13. The number of phenolic OH excluding ortho intramolecular Hbond substituents is 1. The Labute approximate surface area is 629 Å². The third kappa shape index (κ3) is 19.5. The SMILES string of the molecule is COC(=O)C(CC(C)C)Oc1cccc2c1c(C(=O)C(N)=O)c(C)n2Cc1ccccc1.COC(=O)C(CC(C)C)Oc1cccc2c1cc(C)n2Cc1ccccc1.Cc1c(C(=O)C(N)=O)c2c(OC(CC(C)C)C(=O)O)cccc2n1Cc1ccccc1.Cc1cc2c(O)cccc2n1Cc1ccccc1. The lowest BCUT2D eigenvalue weighted by Gasteiger charge is -2.19. The molecule has 20 nitrogen and oxygen atoms in total. The molecule has 0 fully saturated rings. The van der Waals surface area contributed by atoms with Gasteiger partial charge in [-0.3, -0.25) is 19.2 Å². The Hall–Kier alpha value is -12.2. The molecule has 562 valence electrons. The maximum Gasteiger partial charge on any atom is 0.347 e. The summed E-state index contributed by atoms with van der Waals surface area (Å²) in [6.07, 6.45) is -1.18. The number of Topliss-reactive ketones (excluding diaryl/α,β-unsaturated/α-hetero) is 2. The first kappa shape index (κ1) is 79.9. The number of esters is 2. The van der Waals surface area contributed by atoms with Crippen molar-refractivity contribution in [3.63, 3.8) is 0 Å². The normalized spacial score (nSPS) is 12.0. The van der Waals surface area contributed by atoms with Gasteiger partial charge < -0.3 is 63.6 Å². The molecule has 3 unspecified atom stereocenters. The molecule has 12 aromatic rings. The molecular weight excluding hydrogens is 1360 g/mol. The number of phenols is 1. The van der Waals surface area contributed by atoms with Gasteiger partial charge in [-0.2, -0.15) is 0 Å². The van der Waals surface area contributed by atoms with Crippen LogP contribution in [0.4, 0.5) is 0 Å². The number of primary amides is 2. The lowest BCUT2D eigenvalue weighted by atomic mass is 10.0. The lowest BCUT2D eigenvalue weighted by Crippen LogP contribution is -2.30. The second-order valence-electron chi connectivity index (χ2n) is 28.0. The zero-order valence-electron chi connectivity index (χ0n) is 63.3. The molecule has 0 spiro atoms. The van der Waals surface area contributed by atoms with Gasteiger partial charge in [-0.25, -0.2) is 14.4 Å². The highest BCUT2D eigenvalue weighted by molar-refractivity contribution is 6.46. The number of nitrogens with two attached hydrogens (primary N) is 2. The van der Waals surface area contributed by atoms with Crippen molar-refractivity contribution >= 4 is 84.9 Å². The fourth-order valence-corrected chi connectivity index (χ4v) is 13.4. The Balaban J connectivity index is 0.000000169. The molecule has 0 saturated heterocycles. The summed E-state index contributed by atoms with van der Waals surface area (Å²) in [5.74, 6) is -3.43. The van der Waals surface area contributed by atoms with E-state index in [4.69, 9.17) is 35.2 Å². The molecule has 20 heteroatoms. The van der Waals surface area contributed by atoms with Crippen molar-refractivity contribution in [3.8, 4) is 23.0 Å². The Bertz CT molecular complexity index is 5150. The number of ketones is 2. The molecular formula is C88H96N6O14. The van der Waals surface area contributed by atoms with Gasteiger partial charge in [0.2, 0.25) is 0 Å². The van der Waals surface area contributed by atoms with Gasteiger partial charge in [0.25, 0.3) is 23.4 Å². The Morgan fingerprint density at radius 1 is 0.380 bits per heavy atom. The third-order valence-corrected chi connectivity index (χ3v) is 18.6. The van der Waals surface area contributed by atoms with Crippen LogP contribution in [0.5, 0.6) is 23.0 Å². The van der Waals surface area contributed by atoms with Crippen LogP contribution in [-0.4, -0.2) is 102 Å². The second-order valence-corrected chi connectivity index (χ2v) is 28.0. The van der Waals surface area contributed by atoms with E-state index in [2.05, 4.69) is 85.4 Å². The van der Waals surface area contributed by atoms with Crippen molar-refractivity contribution < 1.29 is 67.5 Å². The third-order valence-electron chi connectivity index (χ3n) is 18.6. The number of amides is 2. The van der Waals surface area contributed by atoms with E-state index in [0.717, 1.165) is 63.2 Å². The lowest BCUT2D eigenvalue weighted by molar-refractivity contribution is -0.150. The first-order chi connectivity index (χ1) is 51.7. The summed E-state index contributed by atoms with van der Waals surface area (Å²) >= 11 is 0. The first-order valence-electron chi connectivity index (χ1n) is 36.0. The minimum absolute atomic E-state index is 0.0939. The number of hydrogen-bond donors (Lipinski definition) is 4. The van der Waals surface area contributed by atoms with Crippen LogP contribution in [0.15, 0.2) is 206 Å². The number of benzene rings is 8. The summed E-state index contributed by atoms with van der Waals surface area (Å²) in [4.78, 5) is 85.4. The number of methoxy groups -OCH3 is 2. The van der Waals surface area contributed by atoms with Crippen LogP contribution in [0.3, 0.4) is 0 Å². The molecule has 0 saturated carbocycles. The van der Waals surface area contributed by atoms with E-state index in [1.54, 1.807) is 44.2 Å². The number of carboxylic acid groups (broad SMARTS) is 1. The van der Waals surface area contributed by atoms with Gasteiger partial charge in [0, 0.05) is 59.7 Å². The van der Waals surface area contributed by atoms with E-state index in [-0.39, 0.29) is 34.7 Å². The predicted molar refractivity (Wildman–Crippen MR) is 421 cm³/mol. The monoisotopic (exact) mass is 1460 g/mol. The maximum absolute atomic E-state index is 12.8. The highest BCUT2D eigenvalue weighted by Crippen LogP contribution is 2.39. The van der Waals surface area contributed by atoms with Crippen LogP contribution >= 0.6 is 0 Å². The van der Waals surface area contributed by atoms with Gasteiger partial charge in [-0.1, -0.05) is 187 Å². The molecule has 8 aromatic carbocycles. The number of aromatic hydroxyl groups is 1. The largest absolute Gasteiger partial charge is 0.507 e. The van der Waals surface area contributed by atoms with Crippen molar-refractivity contribution in [2.75, 3.05) is 14.2 Å². The van der Waals surface area contributed by atoms with Crippen LogP contribution in [0.25, 0.3) is 43.6 Å². The molecule has 0 aliphatic carbocycles. The van der Waals surface area contributed by atoms with Gasteiger partial charge in [-0.05, 0) is 148 Å². The van der Waals surface area contributed by atoms with Crippen molar-refractivity contribution in [3.05, 3.63) is 262 Å². The number of aryl methyl sites for hydroxylation is 2. The standard InChI is InChI=1S/C25H28N2O5.C24H26N2O5.C23H27NO3.C16H15NO/c1-15(2)13-20(25(30)31-4)32-19-12-8-11-18-22(19)21(23(28)24(26)29)16(3)27(18)14-17-9-6-5-7-10-17;1-14(2)12-19(24(29)30)31-18-11-7-10-17-21(18)20(22(27)23(25)28)15(3)26(17)13-16-8-5-4-6-9-16;1-16(2)13-22(23(25)26-4)27-21-12-8-11-20-19(21)14-17(3)24(20)15-18-9-6-5-7-10-18;1-12-10-14-15(8-5-9-16(14)18)17(12)11-13-6-3-2-4-7-13/h5-12,15,20H,13-14H2,1-4H3,(H2,26,29);4-11,14,19H,12-13H2,1-3H3,(H2,25,28)(H,29,30);5-12,14,16,22H,13,15H2,1-4H3;2-10,18H,11H2,1H3. The van der Waals surface area contributed by atoms with Gasteiger partial charge in [-0.15, -0.1) is 0 Å². The minimum Gasteiger partial charge on any atom is -0.507 e. The van der Waals surface area contributed by atoms with Crippen LogP contribution in [0.1, 0.15) is 127 Å². The second kappa shape index (κ2) is 36.7. The smallest absolute Gasteiger partial charge is 0.347 e. The highest BCUT2D eigenvalue weighted by Gasteiger charge is 2.32. The van der Waals surface area contributed by atoms with E-state index in [1.807, 2.05) is 164 Å². The summed E-state index contributed by atoms with van der Waals surface area (Å²) in [5.41, 5.74) is 22.6.